The molecule has 2 N–H and O–H groups in total. The summed E-state index contributed by atoms with van der Waals surface area (Å²) in [4.78, 5) is -0.213. The van der Waals surface area contributed by atoms with Gasteiger partial charge in [0.2, 0.25) is 0 Å². The first-order valence-electron chi connectivity index (χ1n) is 8.56. The van der Waals surface area contributed by atoms with Crippen molar-refractivity contribution in [3.8, 4) is 0 Å². The summed E-state index contributed by atoms with van der Waals surface area (Å²) in [5, 5.41) is 12.5. The molecule has 0 saturated heterocycles. The molecule has 2 aromatic carbocycles. The van der Waals surface area contributed by atoms with Crippen LogP contribution in [0.15, 0.2) is 35.2 Å². The molecule has 1 atom stereocenters. The predicted molar refractivity (Wildman–Crippen MR) is 94.9 cm³/mol. The Morgan fingerprint density at radius 3 is 2.57 bits per heavy atom. The van der Waals surface area contributed by atoms with Crippen LogP contribution in [0, 0.1) is 11.6 Å². The van der Waals surface area contributed by atoms with Crippen LogP contribution in [0.2, 0.25) is 0 Å². The van der Waals surface area contributed by atoms with E-state index in [4.69, 9.17) is 0 Å². The van der Waals surface area contributed by atoms with Crippen molar-refractivity contribution in [1.29, 1.82) is 0 Å². The lowest BCUT2D eigenvalue weighted by atomic mass is 10.0. The van der Waals surface area contributed by atoms with Crippen LogP contribution in [0.1, 0.15) is 28.4 Å². The van der Waals surface area contributed by atoms with E-state index in [0.29, 0.717) is 18.5 Å². The third-order valence-electron chi connectivity index (χ3n) is 4.78. The second kappa shape index (κ2) is 7.46. The third kappa shape index (κ3) is 4.06. The Bertz CT molecular complexity index is 1010. The van der Waals surface area contributed by atoms with Crippen molar-refractivity contribution >= 4 is 9.84 Å². The quantitative estimate of drug-likeness (QED) is 0.701. The molecule has 1 unspecified atom stereocenters. The van der Waals surface area contributed by atoms with Crippen molar-refractivity contribution in [3.05, 3.63) is 64.2 Å². The van der Waals surface area contributed by atoms with Crippen LogP contribution >= 0.6 is 0 Å². The maximum absolute atomic E-state index is 13.3. The molecule has 9 heteroatoms. The number of nitrogens with one attached hydrogen (secondary N) is 1. The molecule has 0 radical (unpaired) electrons. The third-order valence-corrected chi connectivity index (χ3v) is 5.94. The zero-order chi connectivity index (χ0) is 20.7. The number of alkyl halides is 2. The second-order valence-electron chi connectivity index (χ2n) is 6.89. The number of aliphatic hydroxyl groups excluding tert-OH is 1. The van der Waals surface area contributed by atoms with Gasteiger partial charge in [-0.25, -0.2) is 26.0 Å². The largest absolute Gasteiger partial charge is 0.382 e. The fourth-order valence-corrected chi connectivity index (χ4v) is 4.42. The van der Waals surface area contributed by atoms with Gasteiger partial charge in [0.1, 0.15) is 17.7 Å². The summed E-state index contributed by atoms with van der Waals surface area (Å²) in [6, 6.07) is 6.40. The highest BCUT2D eigenvalue weighted by Gasteiger charge is 2.48. The number of benzene rings is 2. The Labute approximate surface area is 160 Å². The van der Waals surface area contributed by atoms with Gasteiger partial charge in [0.25, 0.3) is 5.92 Å². The van der Waals surface area contributed by atoms with Gasteiger partial charge in [0.05, 0.1) is 4.90 Å². The van der Waals surface area contributed by atoms with E-state index in [9.17, 15) is 31.1 Å². The van der Waals surface area contributed by atoms with Gasteiger partial charge < -0.3 is 10.4 Å². The van der Waals surface area contributed by atoms with Gasteiger partial charge in [0.15, 0.2) is 9.84 Å². The van der Waals surface area contributed by atoms with E-state index < -0.39 is 39.9 Å². The summed E-state index contributed by atoms with van der Waals surface area (Å²) in [5.41, 5.74) is 1.45. The van der Waals surface area contributed by atoms with E-state index in [1.807, 2.05) is 0 Å². The van der Waals surface area contributed by atoms with Crippen LogP contribution < -0.4 is 5.32 Å². The molecule has 0 fully saturated rings. The average Bonchev–Trinajstić information content (AvgIpc) is 2.83. The summed E-state index contributed by atoms with van der Waals surface area (Å²) in [7, 11) is -3.60. The maximum Gasteiger partial charge on any atom is 0.281 e. The minimum atomic E-state index is -3.60. The van der Waals surface area contributed by atoms with Crippen molar-refractivity contribution in [2.24, 2.45) is 0 Å². The number of sulfone groups is 1. The molecule has 0 aromatic heterocycles. The Balaban J connectivity index is 0.000000167. The van der Waals surface area contributed by atoms with E-state index in [0.717, 1.165) is 24.4 Å². The topological polar surface area (TPSA) is 66.4 Å². The van der Waals surface area contributed by atoms with Crippen molar-refractivity contribution < 1.29 is 31.1 Å². The van der Waals surface area contributed by atoms with Gasteiger partial charge in [0, 0.05) is 36.4 Å². The number of rotatable bonds is 1. The highest BCUT2D eigenvalue weighted by atomic mass is 32.2. The first kappa shape index (κ1) is 20.8. The van der Waals surface area contributed by atoms with Crippen LogP contribution in [0.25, 0.3) is 0 Å². The number of hydrogen-bond acceptors (Lipinski definition) is 4. The molecular formula is C19H19F4NO3S. The van der Waals surface area contributed by atoms with Crippen LogP contribution in [-0.2, 0) is 29.2 Å². The Hall–Kier alpha value is -1.97. The standard InChI is InChI=1S/C10H10F2O3S.C9H9F2N/c1-16(14,15)7-4-2-3-6-5-10(11,12)9(13)8(6)7;10-7-3-6-1-2-12-5-8(6)9(11)4-7/h2-4,9,13H,5H2,1H3;3-4,12H,1-2,5H2. The number of hydrogen-bond donors (Lipinski definition) is 2. The molecule has 0 bridgehead atoms. The molecule has 0 amide bonds. The molecule has 0 saturated carbocycles. The molecule has 4 nitrogen and oxygen atoms in total. The Morgan fingerprint density at radius 1 is 1.18 bits per heavy atom. The van der Waals surface area contributed by atoms with Crippen molar-refractivity contribution in [2.75, 3.05) is 12.8 Å². The van der Waals surface area contributed by atoms with Gasteiger partial charge in [-0.2, -0.15) is 0 Å². The zero-order valence-corrected chi connectivity index (χ0v) is 15.8. The summed E-state index contributed by atoms with van der Waals surface area (Å²) in [6.07, 6.45) is -1.00. The molecule has 0 spiro atoms. The first-order valence-corrected chi connectivity index (χ1v) is 10.4. The molecule has 2 aliphatic rings. The Morgan fingerprint density at radius 2 is 1.89 bits per heavy atom. The van der Waals surface area contributed by atoms with Crippen molar-refractivity contribution in [1.82, 2.24) is 5.32 Å². The molecule has 1 heterocycles. The van der Waals surface area contributed by atoms with Gasteiger partial charge in [-0.1, -0.05) is 12.1 Å². The fourth-order valence-electron chi connectivity index (χ4n) is 3.45. The van der Waals surface area contributed by atoms with E-state index in [1.165, 1.54) is 24.3 Å². The fraction of sp³-hybridized carbons (Fsp3) is 0.368. The molecule has 2 aromatic rings. The van der Waals surface area contributed by atoms with E-state index in [2.05, 4.69) is 5.32 Å². The molecular weight excluding hydrogens is 398 g/mol. The van der Waals surface area contributed by atoms with E-state index >= 15 is 0 Å². The molecule has 1 aliphatic heterocycles. The first-order chi connectivity index (χ1) is 13.0. The van der Waals surface area contributed by atoms with Crippen molar-refractivity contribution in [3.63, 3.8) is 0 Å². The normalized spacial score (nSPS) is 20.0. The van der Waals surface area contributed by atoms with Crippen LogP contribution in [0.3, 0.4) is 0 Å². The molecule has 28 heavy (non-hydrogen) atoms. The van der Waals surface area contributed by atoms with Crippen LogP contribution in [0.4, 0.5) is 17.6 Å². The molecule has 152 valence electrons. The van der Waals surface area contributed by atoms with Crippen molar-refractivity contribution in [2.45, 2.75) is 36.3 Å². The predicted octanol–water partition coefficient (Wildman–Crippen LogP) is 2.93. The van der Waals surface area contributed by atoms with Gasteiger partial charge in [-0.05, 0) is 36.2 Å². The van der Waals surface area contributed by atoms with Gasteiger partial charge >= 0.3 is 0 Å². The average molecular weight is 417 g/mol. The summed E-state index contributed by atoms with van der Waals surface area (Å²) in [6.45, 7) is 1.32. The van der Waals surface area contributed by atoms with Gasteiger partial charge in [-0.3, -0.25) is 0 Å². The lowest BCUT2D eigenvalue weighted by molar-refractivity contribution is -0.0975. The van der Waals surface area contributed by atoms with Crippen LogP contribution in [-0.4, -0.2) is 32.2 Å². The number of halogens is 4. The lowest BCUT2D eigenvalue weighted by Gasteiger charge is -2.17. The van der Waals surface area contributed by atoms with E-state index in [-0.39, 0.29) is 16.0 Å². The minimum Gasteiger partial charge on any atom is -0.382 e. The monoisotopic (exact) mass is 417 g/mol. The van der Waals surface area contributed by atoms with E-state index in [1.54, 1.807) is 0 Å². The maximum atomic E-state index is 13.3. The zero-order valence-electron chi connectivity index (χ0n) is 15.0. The highest BCUT2D eigenvalue weighted by molar-refractivity contribution is 7.90. The summed E-state index contributed by atoms with van der Waals surface area (Å²) >= 11 is 0. The SMILES string of the molecule is CS(=O)(=O)c1cccc2c1C(O)C(F)(F)C2.Fc1cc(F)c2c(c1)CCNC2. The van der Waals surface area contributed by atoms with Gasteiger partial charge in [-0.15, -0.1) is 0 Å². The second-order valence-corrected chi connectivity index (χ2v) is 8.88. The lowest BCUT2D eigenvalue weighted by Crippen LogP contribution is -2.24. The number of fused-ring (bicyclic) bond motifs is 2. The minimum absolute atomic E-state index is 0.157. The molecule has 1 aliphatic carbocycles. The van der Waals surface area contributed by atoms with Crippen LogP contribution in [0.5, 0.6) is 0 Å². The number of aliphatic hydroxyl groups is 1. The highest BCUT2D eigenvalue weighted by Crippen LogP contribution is 2.45. The Kier molecular flexibility index (Phi) is 5.53. The smallest absolute Gasteiger partial charge is 0.281 e. The summed E-state index contributed by atoms with van der Waals surface area (Å²) in [5.74, 6) is -4.20. The molecule has 4 rings (SSSR count). The summed E-state index contributed by atoms with van der Waals surface area (Å²) < 4.78 is 75.0.